The first-order valence-electron chi connectivity index (χ1n) is 27.6. The van der Waals surface area contributed by atoms with Gasteiger partial charge in [-0.3, -0.25) is 14.4 Å². The van der Waals surface area contributed by atoms with Gasteiger partial charge >= 0.3 is 17.9 Å². The number of hydrogen-bond acceptors (Lipinski definition) is 6. The van der Waals surface area contributed by atoms with Crippen LogP contribution in [0.15, 0.2) is 48.6 Å². The number of carbonyl (C=O) groups is 3. The van der Waals surface area contributed by atoms with Crippen molar-refractivity contribution in [3.8, 4) is 0 Å². The van der Waals surface area contributed by atoms with Gasteiger partial charge in [0.2, 0.25) is 0 Å². The van der Waals surface area contributed by atoms with Crippen LogP contribution in [-0.4, -0.2) is 37.2 Å². The topological polar surface area (TPSA) is 78.9 Å². The van der Waals surface area contributed by atoms with Crippen LogP contribution < -0.4 is 0 Å². The monoisotopic (exact) mass is 897 g/mol. The van der Waals surface area contributed by atoms with Crippen molar-refractivity contribution >= 4 is 17.9 Å². The number of allylic oxidation sites excluding steroid dienone is 8. The summed E-state index contributed by atoms with van der Waals surface area (Å²) in [5.41, 5.74) is 0. The van der Waals surface area contributed by atoms with E-state index in [4.69, 9.17) is 14.2 Å². The molecule has 0 rings (SSSR count). The van der Waals surface area contributed by atoms with E-state index in [1.807, 2.05) is 0 Å². The van der Waals surface area contributed by atoms with E-state index in [0.29, 0.717) is 19.3 Å². The Labute approximate surface area is 397 Å². The first-order chi connectivity index (χ1) is 31.5. The van der Waals surface area contributed by atoms with Crippen LogP contribution in [0.25, 0.3) is 0 Å². The Hall–Kier alpha value is -2.63. The van der Waals surface area contributed by atoms with Crippen molar-refractivity contribution in [2.45, 2.75) is 290 Å². The highest BCUT2D eigenvalue weighted by molar-refractivity contribution is 5.71. The van der Waals surface area contributed by atoms with Crippen molar-refractivity contribution in [3.63, 3.8) is 0 Å². The lowest BCUT2D eigenvalue weighted by atomic mass is 10.1. The van der Waals surface area contributed by atoms with E-state index in [0.717, 1.165) is 83.5 Å². The molecule has 6 heteroatoms. The Bertz CT molecular complexity index is 1120. The minimum absolute atomic E-state index is 0.0802. The Morgan fingerprint density at radius 3 is 0.953 bits per heavy atom. The zero-order valence-electron chi connectivity index (χ0n) is 42.6. The maximum Gasteiger partial charge on any atom is 0.306 e. The second-order valence-electron chi connectivity index (χ2n) is 18.5. The van der Waals surface area contributed by atoms with Gasteiger partial charge in [-0.2, -0.15) is 0 Å². The van der Waals surface area contributed by atoms with Crippen LogP contribution in [0.4, 0.5) is 0 Å². The van der Waals surface area contributed by atoms with Gasteiger partial charge in [-0.25, -0.2) is 0 Å². The van der Waals surface area contributed by atoms with E-state index in [1.165, 1.54) is 161 Å². The summed E-state index contributed by atoms with van der Waals surface area (Å²) in [6.07, 6.45) is 63.8. The van der Waals surface area contributed by atoms with Crippen molar-refractivity contribution in [1.82, 2.24) is 0 Å². The summed E-state index contributed by atoms with van der Waals surface area (Å²) in [5.74, 6) is -0.893. The van der Waals surface area contributed by atoms with Gasteiger partial charge < -0.3 is 14.2 Å². The van der Waals surface area contributed by atoms with E-state index in [2.05, 4.69) is 69.4 Å². The normalized spacial score (nSPS) is 12.4. The van der Waals surface area contributed by atoms with Crippen molar-refractivity contribution in [1.29, 1.82) is 0 Å². The summed E-state index contributed by atoms with van der Waals surface area (Å²) >= 11 is 0. The molecule has 0 aliphatic heterocycles. The van der Waals surface area contributed by atoms with Crippen LogP contribution in [0, 0.1) is 0 Å². The van der Waals surface area contributed by atoms with Crippen molar-refractivity contribution in [2.75, 3.05) is 13.2 Å². The molecular weight excluding hydrogens is 793 g/mol. The molecule has 0 aliphatic rings. The maximum atomic E-state index is 12.8. The number of esters is 3. The van der Waals surface area contributed by atoms with Gasteiger partial charge in [-0.15, -0.1) is 0 Å². The first kappa shape index (κ1) is 61.4. The largest absolute Gasteiger partial charge is 0.462 e. The highest BCUT2D eigenvalue weighted by Gasteiger charge is 2.19. The van der Waals surface area contributed by atoms with E-state index in [1.54, 1.807) is 0 Å². The van der Waals surface area contributed by atoms with Crippen LogP contribution in [0.3, 0.4) is 0 Å². The number of carbonyl (C=O) groups excluding carboxylic acids is 3. The molecule has 0 fully saturated rings. The predicted molar refractivity (Wildman–Crippen MR) is 275 cm³/mol. The van der Waals surface area contributed by atoms with Crippen LogP contribution >= 0.6 is 0 Å². The van der Waals surface area contributed by atoms with E-state index >= 15 is 0 Å². The van der Waals surface area contributed by atoms with Crippen LogP contribution in [0.1, 0.15) is 284 Å². The van der Waals surface area contributed by atoms with E-state index in [-0.39, 0.29) is 31.1 Å². The summed E-state index contributed by atoms with van der Waals surface area (Å²) in [6, 6.07) is 0. The summed E-state index contributed by atoms with van der Waals surface area (Å²) in [7, 11) is 0. The summed E-state index contributed by atoms with van der Waals surface area (Å²) < 4.78 is 16.8. The van der Waals surface area contributed by atoms with E-state index in [9.17, 15) is 14.4 Å². The average molecular weight is 897 g/mol. The van der Waals surface area contributed by atoms with Crippen LogP contribution in [0.5, 0.6) is 0 Å². The molecule has 0 aromatic rings. The van der Waals surface area contributed by atoms with Gasteiger partial charge in [-0.1, -0.05) is 217 Å². The third-order valence-electron chi connectivity index (χ3n) is 12.0. The fourth-order valence-corrected chi connectivity index (χ4v) is 7.80. The molecule has 0 aromatic heterocycles. The molecule has 1 atom stereocenters. The minimum Gasteiger partial charge on any atom is -0.462 e. The Balaban J connectivity index is 4.34. The molecule has 0 N–H and O–H groups in total. The summed E-state index contributed by atoms with van der Waals surface area (Å²) in [4.78, 5) is 38.0. The number of hydrogen-bond donors (Lipinski definition) is 0. The zero-order chi connectivity index (χ0) is 46.5. The third kappa shape index (κ3) is 50.4. The quantitative estimate of drug-likeness (QED) is 0.0262. The van der Waals surface area contributed by atoms with Gasteiger partial charge in [0.05, 0.1) is 0 Å². The Morgan fingerprint density at radius 2 is 0.578 bits per heavy atom. The SMILES string of the molecule is CCCC/C=C\CCCCCCCC(=O)OCC(COC(=O)CCCCCCCCCCC/C=C\C/C=C\CCCCC)OC(=O)CCCCCCC/C=C\CCCCCCCCC. The van der Waals surface area contributed by atoms with Crippen LogP contribution in [0.2, 0.25) is 0 Å². The Morgan fingerprint density at radius 1 is 0.312 bits per heavy atom. The zero-order valence-corrected chi connectivity index (χ0v) is 42.6. The van der Waals surface area contributed by atoms with Gasteiger partial charge in [0, 0.05) is 19.3 Å². The van der Waals surface area contributed by atoms with Crippen molar-refractivity contribution in [2.24, 2.45) is 0 Å². The van der Waals surface area contributed by atoms with Gasteiger partial charge in [0.25, 0.3) is 0 Å². The summed E-state index contributed by atoms with van der Waals surface area (Å²) in [6.45, 7) is 6.58. The smallest absolute Gasteiger partial charge is 0.306 e. The molecule has 1 unspecified atom stereocenters. The second kappa shape index (κ2) is 53.0. The molecule has 0 heterocycles. The molecule has 6 nitrogen and oxygen atoms in total. The molecule has 64 heavy (non-hydrogen) atoms. The average Bonchev–Trinajstić information content (AvgIpc) is 3.29. The Kier molecular flexibility index (Phi) is 50.8. The van der Waals surface area contributed by atoms with Crippen molar-refractivity contribution in [3.05, 3.63) is 48.6 Å². The van der Waals surface area contributed by atoms with E-state index < -0.39 is 6.10 Å². The molecule has 0 saturated carbocycles. The highest BCUT2D eigenvalue weighted by atomic mass is 16.6. The minimum atomic E-state index is -0.781. The van der Waals surface area contributed by atoms with Gasteiger partial charge in [-0.05, 0) is 96.3 Å². The predicted octanol–water partition coefficient (Wildman–Crippen LogP) is 18.3. The lowest BCUT2D eigenvalue weighted by Gasteiger charge is -2.18. The van der Waals surface area contributed by atoms with Gasteiger partial charge in [0.15, 0.2) is 6.10 Å². The number of rotatable bonds is 50. The standard InChI is InChI=1S/C58H104O6/c1-4-7-10-13-16-19-22-24-26-28-29-30-32-33-36-39-42-45-48-51-57(60)63-54-55(53-62-56(59)50-47-44-41-38-35-21-18-15-12-9-6-3)64-58(61)52-49-46-43-40-37-34-31-27-25-23-20-17-14-11-8-5-2/h15-16,18-19,24,26-27,31,55H,4-14,17,20-23,25,28-30,32-54H2,1-3H3/b18-15-,19-16-,26-24-,31-27-. The first-order valence-corrected chi connectivity index (χ1v) is 27.6. The van der Waals surface area contributed by atoms with Crippen molar-refractivity contribution < 1.29 is 28.6 Å². The fourth-order valence-electron chi connectivity index (χ4n) is 7.80. The third-order valence-corrected chi connectivity index (χ3v) is 12.0. The molecule has 0 aromatic carbocycles. The molecule has 0 radical (unpaired) electrons. The lowest BCUT2D eigenvalue weighted by Crippen LogP contribution is -2.30. The molecule has 0 saturated heterocycles. The fraction of sp³-hybridized carbons (Fsp3) is 0.810. The molecular formula is C58H104O6. The lowest BCUT2D eigenvalue weighted by molar-refractivity contribution is -0.167. The van der Waals surface area contributed by atoms with Crippen LogP contribution in [-0.2, 0) is 28.6 Å². The molecule has 0 aliphatic carbocycles. The molecule has 0 spiro atoms. The molecule has 0 amide bonds. The number of unbranched alkanes of at least 4 members (excludes halogenated alkanes) is 31. The molecule has 372 valence electrons. The number of ether oxygens (including phenoxy) is 3. The summed E-state index contributed by atoms with van der Waals surface area (Å²) in [5, 5.41) is 0. The maximum absolute atomic E-state index is 12.8. The highest BCUT2D eigenvalue weighted by Crippen LogP contribution is 2.15. The second-order valence-corrected chi connectivity index (χ2v) is 18.5. The molecule has 0 bridgehead atoms. The van der Waals surface area contributed by atoms with Gasteiger partial charge in [0.1, 0.15) is 13.2 Å².